The summed E-state index contributed by atoms with van der Waals surface area (Å²) < 4.78 is 5.46. The van der Waals surface area contributed by atoms with Crippen molar-refractivity contribution in [3.8, 4) is 0 Å². The van der Waals surface area contributed by atoms with Gasteiger partial charge in [-0.05, 0) is 24.8 Å². The number of carbonyl (C=O) groups excluding carboxylic acids is 1. The molecule has 25 heavy (non-hydrogen) atoms. The van der Waals surface area contributed by atoms with E-state index in [9.17, 15) is 4.79 Å². The molecule has 0 amide bonds. The summed E-state index contributed by atoms with van der Waals surface area (Å²) in [5, 5.41) is 7.31. The van der Waals surface area contributed by atoms with E-state index in [0.717, 1.165) is 41.6 Å². The lowest BCUT2D eigenvalue weighted by molar-refractivity contribution is 0.103. The van der Waals surface area contributed by atoms with Gasteiger partial charge in [0.15, 0.2) is 5.78 Å². The molecule has 1 atom stereocenters. The highest BCUT2D eigenvalue weighted by atomic mass is 16.5. The number of anilines is 1. The minimum Gasteiger partial charge on any atom is -0.357 e. The van der Waals surface area contributed by atoms with E-state index < -0.39 is 0 Å². The van der Waals surface area contributed by atoms with Crippen molar-refractivity contribution >= 4 is 11.7 Å². The number of fused-ring (bicyclic) bond motifs is 1. The van der Waals surface area contributed by atoms with Crippen LogP contribution in [-0.4, -0.2) is 18.0 Å². The first-order chi connectivity index (χ1) is 12.3. The van der Waals surface area contributed by atoms with Crippen LogP contribution in [0.4, 0.5) is 5.88 Å². The lowest BCUT2D eigenvalue weighted by atomic mass is 9.79. The number of rotatable bonds is 4. The molecule has 1 aliphatic carbocycles. The van der Waals surface area contributed by atoms with Gasteiger partial charge in [0, 0.05) is 29.7 Å². The van der Waals surface area contributed by atoms with E-state index in [0.29, 0.717) is 11.4 Å². The highest BCUT2D eigenvalue weighted by Gasteiger charge is 2.31. The van der Waals surface area contributed by atoms with Gasteiger partial charge in [0.1, 0.15) is 0 Å². The number of ketones is 1. The minimum atomic E-state index is 0.0609. The SMILES string of the molecule is CNc1onc2c1C(c1ccccc1C(=O)c1ccccc1)CCC2. The number of carbonyl (C=O) groups is 1. The van der Waals surface area contributed by atoms with Crippen LogP contribution in [0.25, 0.3) is 0 Å². The summed E-state index contributed by atoms with van der Waals surface area (Å²) in [6.07, 6.45) is 2.95. The second-order valence-electron chi connectivity index (χ2n) is 6.35. The summed E-state index contributed by atoms with van der Waals surface area (Å²) >= 11 is 0. The summed E-state index contributed by atoms with van der Waals surface area (Å²) in [6, 6.07) is 17.4. The molecule has 1 unspecified atom stereocenters. The van der Waals surface area contributed by atoms with Crippen molar-refractivity contribution in [2.75, 3.05) is 12.4 Å². The van der Waals surface area contributed by atoms with Crippen molar-refractivity contribution in [1.82, 2.24) is 5.16 Å². The summed E-state index contributed by atoms with van der Waals surface area (Å²) in [5.41, 5.74) is 4.63. The summed E-state index contributed by atoms with van der Waals surface area (Å²) in [4.78, 5) is 13.1. The van der Waals surface area contributed by atoms with E-state index >= 15 is 0 Å². The monoisotopic (exact) mass is 332 g/mol. The van der Waals surface area contributed by atoms with Crippen LogP contribution < -0.4 is 5.32 Å². The molecule has 0 radical (unpaired) electrons. The molecule has 0 saturated heterocycles. The van der Waals surface area contributed by atoms with Gasteiger partial charge < -0.3 is 9.84 Å². The summed E-state index contributed by atoms with van der Waals surface area (Å²) in [5.74, 6) is 0.897. The predicted molar refractivity (Wildman–Crippen MR) is 97.1 cm³/mol. The van der Waals surface area contributed by atoms with E-state index in [4.69, 9.17) is 4.52 Å². The van der Waals surface area contributed by atoms with E-state index in [2.05, 4.69) is 16.5 Å². The molecule has 0 bridgehead atoms. The molecule has 1 heterocycles. The van der Waals surface area contributed by atoms with Crippen LogP contribution in [0.1, 0.15) is 51.5 Å². The quantitative estimate of drug-likeness (QED) is 0.719. The van der Waals surface area contributed by atoms with Crippen LogP contribution in [0.5, 0.6) is 0 Å². The van der Waals surface area contributed by atoms with Gasteiger partial charge in [-0.15, -0.1) is 0 Å². The summed E-state index contributed by atoms with van der Waals surface area (Å²) in [6.45, 7) is 0. The molecule has 1 aromatic heterocycles. The van der Waals surface area contributed by atoms with Gasteiger partial charge in [0.25, 0.3) is 0 Å². The Balaban J connectivity index is 1.81. The maximum atomic E-state index is 13.1. The maximum absolute atomic E-state index is 13.1. The number of hydrogen-bond acceptors (Lipinski definition) is 4. The molecular formula is C21H20N2O2. The van der Waals surface area contributed by atoms with Crippen molar-refractivity contribution < 1.29 is 9.32 Å². The zero-order chi connectivity index (χ0) is 17.2. The normalized spacial score (nSPS) is 16.3. The van der Waals surface area contributed by atoms with Crippen molar-refractivity contribution in [2.24, 2.45) is 0 Å². The Bertz CT molecular complexity index is 886. The molecule has 2 aromatic carbocycles. The number of aryl methyl sites for hydroxylation is 1. The van der Waals surface area contributed by atoms with E-state index in [-0.39, 0.29) is 11.7 Å². The van der Waals surface area contributed by atoms with E-state index in [1.165, 1.54) is 0 Å². The lowest BCUT2D eigenvalue weighted by Gasteiger charge is -2.24. The first kappa shape index (κ1) is 15.6. The Labute approximate surface area is 146 Å². The first-order valence-corrected chi connectivity index (χ1v) is 8.64. The molecule has 0 fully saturated rings. The topological polar surface area (TPSA) is 55.1 Å². The van der Waals surface area contributed by atoms with Gasteiger partial charge in [-0.25, -0.2) is 0 Å². The zero-order valence-corrected chi connectivity index (χ0v) is 14.2. The van der Waals surface area contributed by atoms with Crippen molar-refractivity contribution in [3.63, 3.8) is 0 Å². The highest BCUT2D eigenvalue weighted by molar-refractivity contribution is 6.10. The van der Waals surface area contributed by atoms with E-state index in [1.807, 2.05) is 55.6 Å². The molecule has 0 saturated carbocycles. The van der Waals surface area contributed by atoms with Crippen LogP contribution >= 0.6 is 0 Å². The van der Waals surface area contributed by atoms with Gasteiger partial charge >= 0.3 is 0 Å². The third kappa shape index (κ3) is 2.74. The molecule has 1 N–H and O–H groups in total. The molecular weight excluding hydrogens is 312 g/mol. The van der Waals surface area contributed by atoms with Crippen LogP contribution in [0.15, 0.2) is 59.1 Å². The molecule has 1 aliphatic rings. The fourth-order valence-electron chi connectivity index (χ4n) is 3.73. The Hall–Kier alpha value is -2.88. The number of nitrogens with one attached hydrogen (secondary N) is 1. The largest absolute Gasteiger partial charge is 0.357 e. The smallest absolute Gasteiger partial charge is 0.228 e. The average molecular weight is 332 g/mol. The van der Waals surface area contributed by atoms with Crippen LogP contribution in [0.3, 0.4) is 0 Å². The Morgan fingerprint density at radius 3 is 2.68 bits per heavy atom. The van der Waals surface area contributed by atoms with Crippen molar-refractivity contribution in [3.05, 3.63) is 82.5 Å². The van der Waals surface area contributed by atoms with Crippen molar-refractivity contribution in [1.29, 1.82) is 0 Å². The molecule has 4 nitrogen and oxygen atoms in total. The molecule has 126 valence electrons. The molecule has 0 spiro atoms. The third-order valence-corrected chi connectivity index (χ3v) is 4.90. The Morgan fingerprint density at radius 1 is 1.12 bits per heavy atom. The molecule has 0 aliphatic heterocycles. The van der Waals surface area contributed by atoms with Crippen LogP contribution in [0, 0.1) is 0 Å². The number of benzene rings is 2. The van der Waals surface area contributed by atoms with Gasteiger partial charge in [-0.3, -0.25) is 4.79 Å². The van der Waals surface area contributed by atoms with Gasteiger partial charge in [-0.2, -0.15) is 0 Å². The average Bonchev–Trinajstić information content (AvgIpc) is 3.11. The standard InChI is InChI=1S/C21H20N2O2/c1-22-21-19-16(12-7-13-18(19)23-25-21)15-10-5-6-11-17(15)20(24)14-8-3-2-4-9-14/h2-6,8-11,16,22H,7,12-13H2,1H3. The minimum absolute atomic E-state index is 0.0609. The Morgan fingerprint density at radius 2 is 1.88 bits per heavy atom. The third-order valence-electron chi connectivity index (χ3n) is 4.90. The molecule has 4 rings (SSSR count). The second kappa shape index (κ2) is 6.55. The second-order valence-corrected chi connectivity index (χ2v) is 6.35. The predicted octanol–water partition coefficient (Wildman–Crippen LogP) is 4.42. The number of hydrogen-bond donors (Lipinski definition) is 1. The van der Waals surface area contributed by atoms with Gasteiger partial charge in [-0.1, -0.05) is 59.8 Å². The van der Waals surface area contributed by atoms with Crippen LogP contribution in [0.2, 0.25) is 0 Å². The fourth-order valence-corrected chi connectivity index (χ4v) is 3.73. The van der Waals surface area contributed by atoms with Gasteiger partial charge in [0.05, 0.1) is 5.69 Å². The number of aromatic nitrogens is 1. The Kier molecular flexibility index (Phi) is 4.10. The van der Waals surface area contributed by atoms with Crippen LogP contribution in [-0.2, 0) is 6.42 Å². The number of nitrogens with zero attached hydrogens (tertiary/aromatic N) is 1. The lowest BCUT2D eigenvalue weighted by Crippen LogP contribution is -2.15. The molecule has 3 aromatic rings. The van der Waals surface area contributed by atoms with Gasteiger partial charge in [0.2, 0.25) is 5.88 Å². The van der Waals surface area contributed by atoms with E-state index in [1.54, 1.807) is 0 Å². The summed E-state index contributed by atoms with van der Waals surface area (Å²) in [7, 11) is 1.84. The highest BCUT2D eigenvalue weighted by Crippen LogP contribution is 2.42. The maximum Gasteiger partial charge on any atom is 0.228 e. The fraction of sp³-hybridized carbons (Fsp3) is 0.238. The zero-order valence-electron chi connectivity index (χ0n) is 14.2. The van der Waals surface area contributed by atoms with Crippen molar-refractivity contribution in [2.45, 2.75) is 25.2 Å². The first-order valence-electron chi connectivity index (χ1n) is 8.64. The molecule has 4 heteroatoms.